The molecule has 2 amide bonds. The summed E-state index contributed by atoms with van der Waals surface area (Å²) in [5.41, 5.74) is 1.79. The van der Waals surface area contributed by atoms with E-state index in [4.69, 9.17) is 9.47 Å². The Morgan fingerprint density at radius 2 is 1.93 bits per heavy atom. The summed E-state index contributed by atoms with van der Waals surface area (Å²) in [6, 6.07) is 15.5. The van der Waals surface area contributed by atoms with Gasteiger partial charge in [0.25, 0.3) is 11.1 Å². The molecule has 1 aliphatic heterocycles. The van der Waals surface area contributed by atoms with E-state index >= 15 is 0 Å². The number of benzene rings is 2. The standard InChI is InChI=1S/C21H20BrNO4S/c1-26-11-5-10-23-20(24)19(28-21(23)25)13-16-12-17(22)8-9-18(16)27-14-15-6-3-2-4-7-15/h2-4,6-9,12-13H,5,10-11,14H2,1H3/b19-13+. The van der Waals surface area contributed by atoms with Gasteiger partial charge in [0, 0.05) is 30.3 Å². The van der Waals surface area contributed by atoms with Crippen LogP contribution in [0.4, 0.5) is 4.79 Å². The molecule has 5 nitrogen and oxygen atoms in total. The second-order valence-corrected chi connectivity index (χ2v) is 8.04. The maximum absolute atomic E-state index is 12.6. The van der Waals surface area contributed by atoms with E-state index in [1.165, 1.54) is 4.90 Å². The Hall–Kier alpha value is -2.09. The third kappa shape index (κ3) is 5.25. The van der Waals surface area contributed by atoms with E-state index in [0.29, 0.717) is 36.8 Å². The van der Waals surface area contributed by atoms with Crippen molar-refractivity contribution in [2.45, 2.75) is 13.0 Å². The van der Waals surface area contributed by atoms with E-state index in [9.17, 15) is 9.59 Å². The van der Waals surface area contributed by atoms with E-state index in [-0.39, 0.29) is 11.1 Å². The average molecular weight is 462 g/mol. The summed E-state index contributed by atoms with van der Waals surface area (Å²) in [5.74, 6) is 0.373. The highest BCUT2D eigenvalue weighted by Crippen LogP contribution is 2.35. The van der Waals surface area contributed by atoms with Crippen LogP contribution in [0.2, 0.25) is 0 Å². The Kier molecular flexibility index (Phi) is 7.30. The van der Waals surface area contributed by atoms with Crippen molar-refractivity contribution in [1.82, 2.24) is 4.90 Å². The van der Waals surface area contributed by atoms with Crippen molar-refractivity contribution >= 4 is 44.9 Å². The van der Waals surface area contributed by atoms with Crippen LogP contribution in [0.15, 0.2) is 57.9 Å². The Morgan fingerprint density at radius 3 is 2.68 bits per heavy atom. The first kappa shape index (κ1) is 20.6. The normalized spacial score (nSPS) is 15.5. The fourth-order valence-corrected chi connectivity index (χ4v) is 3.93. The number of carbonyl (C=O) groups excluding carboxylic acids is 2. The van der Waals surface area contributed by atoms with Gasteiger partial charge in [-0.15, -0.1) is 0 Å². The topological polar surface area (TPSA) is 55.8 Å². The smallest absolute Gasteiger partial charge is 0.293 e. The van der Waals surface area contributed by atoms with E-state index in [1.807, 2.05) is 48.5 Å². The van der Waals surface area contributed by atoms with Crippen LogP contribution in [0, 0.1) is 0 Å². The molecule has 0 bridgehead atoms. The van der Waals surface area contributed by atoms with Crippen LogP contribution in [0.5, 0.6) is 5.75 Å². The first-order valence-corrected chi connectivity index (χ1v) is 10.4. The second-order valence-electron chi connectivity index (χ2n) is 6.14. The molecule has 146 valence electrons. The van der Waals surface area contributed by atoms with Gasteiger partial charge in [0.15, 0.2) is 0 Å². The van der Waals surface area contributed by atoms with Crippen molar-refractivity contribution in [2.75, 3.05) is 20.3 Å². The maximum Gasteiger partial charge on any atom is 0.293 e. The molecule has 1 heterocycles. The third-order valence-electron chi connectivity index (χ3n) is 4.10. The van der Waals surface area contributed by atoms with Crippen molar-refractivity contribution in [3.05, 3.63) is 69.0 Å². The predicted octanol–water partition coefficient (Wildman–Crippen LogP) is 5.10. The number of ether oxygens (including phenoxy) is 2. The minimum atomic E-state index is -0.278. The molecule has 0 saturated carbocycles. The summed E-state index contributed by atoms with van der Waals surface area (Å²) in [6.45, 7) is 1.28. The molecule has 0 spiro atoms. The lowest BCUT2D eigenvalue weighted by molar-refractivity contribution is -0.122. The Morgan fingerprint density at radius 1 is 1.14 bits per heavy atom. The van der Waals surface area contributed by atoms with Crippen LogP contribution >= 0.6 is 27.7 Å². The molecule has 1 saturated heterocycles. The van der Waals surface area contributed by atoms with Gasteiger partial charge in [0.2, 0.25) is 0 Å². The second kappa shape index (κ2) is 9.91. The highest BCUT2D eigenvalue weighted by atomic mass is 79.9. The summed E-state index contributed by atoms with van der Waals surface area (Å²) >= 11 is 4.41. The number of carbonyl (C=O) groups is 2. The van der Waals surface area contributed by atoms with Crippen molar-refractivity contribution in [3.63, 3.8) is 0 Å². The minimum absolute atomic E-state index is 0.255. The van der Waals surface area contributed by atoms with Gasteiger partial charge < -0.3 is 9.47 Å². The van der Waals surface area contributed by atoms with Gasteiger partial charge in [-0.25, -0.2) is 0 Å². The summed E-state index contributed by atoms with van der Waals surface area (Å²) < 4.78 is 11.8. The first-order valence-electron chi connectivity index (χ1n) is 8.79. The molecule has 0 unspecified atom stereocenters. The molecule has 28 heavy (non-hydrogen) atoms. The number of hydrogen-bond donors (Lipinski definition) is 0. The van der Waals surface area contributed by atoms with Crippen molar-refractivity contribution < 1.29 is 19.1 Å². The number of rotatable bonds is 8. The molecule has 0 aromatic heterocycles. The number of imide groups is 1. The Bertz CT molecular complexity index is 885. The summed E-state index contributed by atoms with van der Waals surface area (Å²) in [5, 5.41) is -0.255. The molecular formula is C21H20BrNO4S. The molecule has 1 aliphatic rings. The van der Waals surface area contributed by atoms with Gasteiger partial charge in [-0.1, -0.05) is 46.3 Å². The molecule has 2 aromatic carbocycles. The van der Waals surface area contributed by atoms with Crippen LogP contribution in [-0.4, -0.2) is 36.3 Å². The largest absolute Gasteiger partial charge is 0.488 e. The van der Waals surface area contributed by atoms with E-state index in [0.717, 1.165) is 27.4 Å². The molecule has 7 heteroatoms. The summed E-state index contributed by atoms with van der Waals surface area (Å²) in [6.07, 6.45) is 2.33. The van der Waals surface area contributed by atoms with Gasteiger partial charge in [0.05, 0.1) is 4.91 Å². The van der Waals surface area contributed by atoms with Gasteiger partial charge in [-0.3, -0.25) is 14.5 Å². The maximum atomic E-state index is 12.6. The molecule has 0 radical (unpaired) electrons. The van der Waals surface area contributed by atoms with Crippen LogP contribution in [0.1, 0.15) is 17.5 Å². The highest BCUT2D eigenvalue weighted by molar-refractivity contribution is 9.10. The van der Waals surface area contributed by atoms with Crippen LogP contribution in [0.3, 0.4) is 0 Å². The lowest BCUT2D eigenvalue weighted by Gasteiger charge is -2.12. The molecule has 2 aromatic rings. The zero-order valence-corrected chi connectivity index (χ0v) is 17.8. The number of hydrogen-bond acceptors (Lipinski definition) is 5. The Balaban J connectivity index is 1.78. The molecule has 3 rings (SSSR count). The van der Waals surface area contributed by atoms with Crippen LogP contribution in [-0.2, 0) is 16.1 Å². The molecular weight excluding hydrogens is 442 g/mol. The van der Waals surface area contributed by atoms with E-state index < -0.39 is 0 Å². The Labute approximate surface area is 176 Å². The van der Waals surface area contributed by atoms with Crippen molar-refractivity contribution in [1.29, 1.82) is 0 Å². The zero-order valence-electron chi connectivity index (χ0n) is 15.4. The van der Waals surface area contributed by atoms with Crippen LogP contribution in [0.25, 0.3) is 6.08 Å². The monoisotopic (exact) mass is 461 g/mol. The third-order valence-corrected chi connectivity index (χ3v) is 5.50. The number of methoxy groups -OCH3 is 1. The quantitative estimate of drug-likeness (QED) is 0.404. The number of nitrogens with zero attached hydrogens (tertiary/aromatic N) is 1. The van der Waals surface area contributed by atoms with Gasteiger partial charge in [0.1, 0.15) is 12.4 Å². The van der Waals surface area contributed by atoms with Crippen LogP contribution < -0.4 is 4.74 Å². The van der Waals surface area contributed by atoms with Crippen molar-refractivity contribution in [3.8, 4) is 5.75 Å². The molecule has 0 aliphatic carbocycles. The van der Waals surface area contributed by atoms with E-state index in [2.05, 4.69) is 15.9 Å². The number of amides is 2. The van der Waals surface area contributed by atoms with E-state index in [1.54, 1.807) is 13.2 Å². The first-order chi connectivity index (χ1) is 13.6. The minimum Gasteiger partial charge on any atom is -0.488 e. The molecule has 0 N–H and O–H groups in total. The fraction of sp³-hybridized carbons (Fsp3) is 0.238. The number of thioether (sulfide) groups is 1. The average Bonchev–Trinajstić information content (AvgIpc) is 2.96. The van der Waals surface area contributed by atoms with Gasteiger partial charge >= 0.3 is 0 Å². The van der Waals surface area contributed by atoms with Crippen molar-refractivity contribution in [2.24, 2.45) is 0 Å². The van der Waals surface area contributed by atoms with Gasteiger partial charge in [-0.05, 0) is 48.0 Å². The SMILES string of the molecule is COCCCN1C(=O)S/C(=C/c2cc(Br)ccc2OCc2ccccc2)C1=O. The molecule has 0 atom stereocenters. The zero-order chi connectivity index (χ0) is 19.9. The summed E-state index contributed by atoms with van der Waals surface area (Å²) in [4.78, 5) is 26.5. The highest BCUT2D eigenvalue weighted by Gasteiger charge is 2.34. The summed E-state index contributed by atoms with van der Waals surface area (Å²) in [7, 11) is 1.60. The van der Waals surface area contributed by atoms with Gasteiger partial charge in [-0.2, -0.15) is 0 Å². The predicted molar refractivity (Wildman–Crippen MR) is 114 cm³/mol. The number of halogens is 1. The molecule has 1 fully saturated rings. The lowest BCUT2D eigenvalue weighted by atomic mass is 10.1. The lowest BCUT2D eigenvalue weighted by Crippen LogP contribution is -2.29. The fourth-order valence-electron chi connectivity index (χ4n) is 2.70.